The van der Waals surface area contributed by atoms with Gasteiger partial charge in [0, 0.05) is 18.7 Å². The van der Waals surface area contributed by atoms with Crippen molar-refractivity contribution in [2.45, 2.75) is 29.5 Å². The van der Waals surface area contributed by atoms with Gasteiger partial charge in [-0.25, -0.2) is 8.42 Å². The van der Waals surface area contributed by atoms with Gasteiger partial charge in [0.2, 0.25) is 0 Å². The highest BCUT2D eigenvalue weighted by Gasteiger charge is 2.19. The Bertz CT molecular complexity index is 843. The van der Waals surface area contributed by atoms with Crippen molar-refractivity contribution in [2.24, 2.45) is 0 Å². The van der Waals surface area contributed by atoms with Crippen molar-refractivity contribution in [1.82, 2.24) is 5.32 Å². The molecule has 0 aliphatic heterocycles. The lowest BCUT2D eigenvalue weighted by Crippen LogP contribution is -2.36. The number of carbonyl (C=O) groups is 2. The Morgan fingerprint density at radius 3 is 2.40 bits per heavy atom. The number of hydrogen-bond acceptors (Lipinski definition) is 5. The van der Waals surface area contributed by atoms with Gasteiger partial charge >= 0.3 is 5.97 Å². The third-order valence-corrected chi connectivity index (χ3v) is 6.44. The van der Waals surface area contributed by atoms with Gasteiger partial charge in [0.1, 0.15) is 4.21 Å². The molecule has 0 spiro atoms. The fraction of sp³-hybridized carbons (Fsp3) is 0.294. The number of aliphatic carboxylic acids is 1. The van der Waals surface area contributed by atoms with Crippen LogP contribution in [-0.4, -0.2) is 37.7 Å². The van der Waals surface area contributed by atoms with Gasteiger partial charge in [0.15, 0.2) is 9.84 Å². The molecule has 0 saturated carbocycles. The Morgan fingerprint density at radius 1 is 1.16 bits per heavy atom. The molecule has 0 aliphatic rings. The van der Waals surface area contributed by atoms with Gasteiger partial charge < -0.3 is 10.4 Å². The van der Waals surface area contributed by atoms with E-state index in [4.69, 9.17) is 5.11 Å². The highest BCUT2D eigenvalue weighted by atomic mass is 32.2. The van der Waals surface area contributed by atoms with Crippen LogP contribution < -0.4 is 5.32 Å². The monoisotopic (exact) mass is 381 g/mol. The van der Waals surface area contributed by atoms with Gasteiger partial charge in [-0.2, -0.15) is 0 Å². The van der Waals surface area contributed by atoms with Crippen LogP contribution in [0.1, 0.15) is 28.1 Å². The van der Waals surface area contributed by atoms with Crippen molar-refractivity contribution in [1.29, 1.82) is 0 Å². The number of amides is 1. The zero-order valence-corrected chi connectivity index (χ0v) is 15.3. The molecular weight excluding hydrogens is 362 g/mol. The molecule has 2 aromatic rings. The van der Waals surface area contributed by atoms with Crippen molar-refractivity contribution in [2.75, 3.05) is 6.26 Å². The molecule has 1 amide bonds. The van der Waals surface area contributed by atoms with Gasteiger partial charge in [-0.3, -0.25) is 9.59 Å². The first-order chi connectivity index (χ1) is 11.8. The second-order valence-corrected chi connectivity index (χ2v) is 9.01. The minimum atomic E-state index is -3.35. The van der Waals surface area contributed by atoms with Crippen molar-refractivity contribution in [3.63, 3.8) is 0 Å². The summed E-state index contributed by atoms with van der Waals surface area (Å²) in [5, 5.41) is 11.7. The SMILES string of the molecule is CS(=O)(=O)c1ccc(C(=O)NC(CCC(=O)O)Cc2ccccc2)s1. The molecule has 0 radical (unpaired) electrons. The summed E-state index contributed by atoms with van der Waals surface area (Å²) in [5.74, 6) is -1.32. The number of rotatable bonds is 8. The number of benzene rings is 1. The van der Waals surface area contributed by atoms with Gasteiger partial charge in [0.25, 0.3) is 5.91 Å². The Balaban J connectivity index is 2.10. The molecule has 0 bridgehead atoms. The van der Waals surface area contributed by atoms with E-state index in [-0.39, 0.29) is 21.5 Å². The molecule has 0 fully saturated rings. The van der Waals surface area contributed by atoms with Crippen molar-refractivity contribution in [3.05, 3.63) is 52.9 Å². The second-order valence-electron chi connectivity index (χ2n) is 5.68. The lowest BCUT2D eigenvalue weighted by Gasteiger charge is -2.18. The fourth-order valence-corrected chi connectivity index (χ4v) is 4.15. The molecule has 2 N–H and O–H groups in total. The van der Waals surface area contributed by atoms with E-state index in [0.717, 1.165) is 23.2 Å². The van der Waals surface area contributed by atoms with Crippen LogP contribution in [0.4, 0.5) is 0 Å². The number of thiophene rings is 1. The summed E-state index contributed by atoms with van der Waals surface area (Å²) in [6.45, 7) is 0. The predicted octanol–water partition coefficient (Wildman–Crippen LogP) is 2.36. The molecule has 8 heteroatoms. The summed E-state index contributed by atoms with van der Waals surface area (Å²) in [5.41, 5.74) is 0.987. The molecule has 1 aromatic carbocycles. The van der Waals surface area contributed by atoms with E-state index in [2.05, 4.69) is 5.32 Å². The molecule has 6 nitrogen and oxygen atoms in total. The average molecular weight is 381 g/mol. The number of nitrogens with one attached hydrogen (secondary N) is 1. The minimum Gasteiger partial charge on any atom is -0.481 e. The molecule has 0 saturated heterocycles. The number of carboxylic acids is 1. The molecule has 1 aromatic heterocycles. The standard InChI is InChI=1S/C17H19NO5S2/c1-25(22,23)16-10-8-14(24-16)17(21)18-13(7-9-15(19)20)11-12-5-3-2-4-6-12/h2-6,8,10,13H,7,9,11H2,1H3,(H,18,21)(H,19,20). The van der Waals surface area contributed by atoms with Crippen LogP contribution in [0.3, 0.4) is 0 Å². The molecule has 1 atom stereocenters. The molecular formula is C17H19NO5S2. The van der Waals surface area contributed by atoms with Crippen LogP contribution in [0.2, 0.25) is 0 Å². The Hall–Kier alpha value is -2.19. The zero-order valence-electron chi connectivity index (χ0n) is 13.6. The van der Waals surface area contributed by atoms with Crippen LogP contribution in [0.5, 0.6) is 0 Å². The van der Waals surface area contributed by atoms with Crippen LogP contribution in [0.15, 0.2) is 46.7 Å². The van der Waals surface area contributed by atoms with E-state index >= 15 is 0 Å². The van der Waals surface area contributed by atoms with E-state index in [1.807, 2.05) is 30.3 Å². The van der Waals surface area contributed by atoms with Crippen LogP contribution in [0, 0.1) is 0 Å². The summed E-state index contributed by atoms with van der Waals surface area (Å²) in [7, 11) is -3.35. The normalized spacial score (nSPS) is 12.5. The second kappa shape index (κ2) is 8.26. The number of hydrogen-bond donors (Lipinski definition) is 2. The molecule has 2 rings (SSSR count). The van der Waals surface area contributed by atoms with E-state index in [1.165, 1.54) is 12.1 Å². The highest BCUT2D eigenvalue weighted by molar-refractivity contribution is 7.92. The molecule has 0 aliphatic carbocycles. The number of carboxylic acid groups (broad SMARTS) is 1. The third kappa shape index (κ3) is 5.99. The van der Waals surface area contributed by atoms with Gasteiger partial charge in [-0.15, -0.1) is 11.3 Å². The maximum Gasteiger partial charge on any atom is 0.303 e. The lowest BCUT2D eigenvalue weighted by molar-refractivity contribution is -0.137. The molecule has 1 unspecified atom stereocenters. The van der Waals surface area contributed by atoms with E-state index < -0.39 is 21.7 Å². The van der Waals surface area contributed by atoms with E-state index in [0.29, 0.717) is 12.8 Å². The lowest BCUT2D eigenvalue weighted by atomic mass is 10.0. The Labute approximate surface area is 150 Å². The zero-order chi connectivity index (χ0) is 18.4. The Kier molecular flexibility index (Phi) is 6.33. The molecule has 134 valence electrons. The largest absolute Gasteiger partial charge is 0.481 e. The first-order valence-electron chi connectivity index (χ1n) is 7.62. The van der Waals surface area contributed by atoms with Crippen LogP contribution in [-0.2, 0) is 21.1 Å². The van der Waals surface area contributed by atoms with Gasteiger partial charge in [-0.1, -0.05) is 30.3 Å². The Morgan fingerprint density at radius 2 is 1.84 bits per heavy atom. The smallest absolute Gasteiger partial charge is 0.303 e. The van der Waals surface area contributed by atoms with E-state index in [1.54, 1.807) is 0 Å². The van der Waals surface area contributed by atoms with E-state index in [9.17, 15) is 18.0 Å². The number of carbonyl (C=O) groups excluding carboxylic acids is 1. The number of sulfone groups is 1. The van der Waals surface area contributed by atoms with Crippen LogP contribution in [0.25, 0.3) is 0 Å². The maximum absolute atomic E-state index is 12.4. The average Bonchev–Trinajstić information content (AvgIpc) is 3.04. The quantitative estimate of drug-likeness (QED) is 0.731. The van der Waals surface area contributed by atoms with Crippen molar-refractivity contribution >= 4 is 33.1 Å². The van der Waals surface area contributed by atoms with Gasteiger partial charge in [0.05, 0.1) is 4.88 Å². The van der Waals surface area contributed by atoms with Crippen LogP contribution >= 0.6 is 11.3 Å². The summed E-state index contributed by atoms with van der Waals surface area (Å²) < 4.78 is 23.2. The fourth-order valence-electron chi connectivity index (χ4n) is 2.32. The summed E-state index contributed by atoms with van der Waals surface area (Å²) in [6.07, 6.45) is 1.83. The molecule has 1 heterocycles. The first-order valence-corrected chi connectivity index (χ1v) is 10.3. The third-order valence-electron chi connectivity index (χ3n) is 3.54. The minimum absolute atomic E-state index is 0.0587. The summed E-state index contributed by atoms with van der Waals surface area (Å²) >= 11 is 0.904. The van der Waals surface area contributed by atoms with Gasteiger partial charge in [-0.05, 0) is 30.5 Å². The van der Waals surface area contributed by atoms with Crippen molar-refractivity contribution < 1.29 is 23.1 Å². The summed E-state index contributed by atoms with van der Waals surface area (Å²) in [4.78, 5) is 23.5. The van der Waals surface area contributed by atoms with Crippen molar-refractivity contribution in [3.8, 4) is 0 Å². The molecule has 25 heavy (non-hydrogen) atoms. The summed E-state index contributed by atoms with van der Waals surface area (Å²) in [6, 6.07) is 12.0. The first kappa shape index (κ1) is 19.1. The highest BCUT2D eigenvalue weighted by Crippen LogP contribution is 2.21. The predicted molar refractivity (Wildman–Crippen MR) is 95.7 cm³/mol. The topological polar surface area (TPSA) is 101 Å². The maximum atomic E-state index is 12.4.